The maximum absolute atomic E-state index is 14.2. The van der Waals surface area contributed by atoms with Crippen LogP contribution in [0.2, 0.25) is 0 Å². The van der Waals surface area contributed by atoms with Crippen LogP contribution in [0, 0.1) is 5.82 Å². The molecule has 0 unspecified atom stereocenters. The van der Waals surface area contributed by atoms with Gasteiger partial charge >= 0.3 is 0 Å². The Labute approximate surface area is 171 Å². The van der Waals surface area contributed by atoms with Crippen molar-refractivity contribution < 1.29 is 14.0 Å². The lowest BCUT2D eigenvalue weighted by Gasteiger charge is -2.52. The standard InChI is InChI=1S/C24H27FN2O2/c1-3-16(2)27-23(29)18-11-5-4-10-17(18)21(24(27)14-8-9-15-24)22(28)26-20-13-7-6-12-19(20)25/h4-7,10-13,16,21H,3,8-9,14-15H2,1-2H3,(H,26,28)/t16-,21-/m1/s1. The van der Waals surface area contributed by atoms with Gasteiger partial charge < -0.3 is 10.2 Å². The average Bonchev–Trinajstić information content (AvgIpc) is 3.19. The smallest absolute Gasteiger partial charge is 0.254 e. The molecule has 2 amide bonds. The fourth-order valence-electron chi connectivity index (χ4n) is 5.20. The van der Waals surface area contributed by atoms with E-state index in [4.69, 9.17) is 0 Å². The van der Waals surface area contributed by atoms with Gasteiger partial charge in [-0.3, -0.25) is 9.59 Å². The van der Waals surface area contributed by atoms with Crippen molar-refractivity contribution in [2.75, 3.05) is 5.32 Å². The lowest BCUT2D eigenvalue weighted by molar-refractivity contribution is -0.121. The van der Waals surface area contributed by atoms with E-state index in [1.807, 2.05) is 23.1 Å². The number of hydrogen-bond donors (Lipinski definition) is 1. The third-order valence-corrected chi connectivity index (χ3v) is 6.63. The van der Waals surface area contributed by atoms with Crippen LogP contribution in [0.4, 0.5) is 10.1 Å². The van der Waals surface area contributed by atoms with Crippen molar-refractivity contribution in [1.29, 1.82) is 0 Å². The zero-order valence-corrected chi connectivity index (χ0v) is 17.0. The molecule has 2 atom stereocenters. The van der Waals surface area contributed by atoms with Crippen molar-refractivity contribution in [3.63, 3.8) is 0 Å². The largest absolute Gasteiger partial charge is 0.329 e. The van der Waals surface area contributed by atoms with Crippen molar-refractivity contribution >= 4 is 17.5 Å². The molecule has 4 rings (SSSR count). The fourth-order valence-corrected chi connectivity index (χ4v) is 5.20. The highest BCUT2D eigenvalue weighted by Gasteiger charge is 2.56. The van der Waals surface area contributed by atoms with E-state index in [0.29, 0.717) is 5.56 Å². The average molecular weight is 394 g/mol. The molecule has 1 spiro atoms. The maximum Gasteiger partial charge on any atom is 0.254 e. The molecule has 1 fully saturated rings. The van der Waals surface area contributed by atoms with E-state index in [0.717, 1.165) is 37.7 Å². The summed E-state index contributed by atoms with van der Waals surface area (Å²) >= 11 is 0. The second-order valence-electron chi connectivity index (χ2n) is 8.23. The Kier molecular flexibility index (Phi) is 5.15. The molecule has 152 valence electrons. The van der Waals surface area contributed by atoms with E-state index < -0.39 is 17.3 Å². The molecular weight excluding hydrogens is 367 g/mol. The third kappa shape index (κ3) is 3.13. The number of amides is 2. The Morgan fingerprint density at radius 2 is 1.83 bits per heavy atom. The van der Waals surface area contributed by atoms with E-state index in [-0.39, 0.29) is 23.5 Å². The molecule has 1 saturated carbocycles. The normalized spacial score (nSPS) is 21.1. The SMILES string of the molecule is CC[C@@H](C)N1C(=O)c2ccccc2[C@H](C(=O)Nc2ccccc2F)C12CCCC2. The number of rotatable bonds is 4. The molecule has 29 heavy (non-hydrogen) atoms. The van der Waals surface area contributed by atoms with Gasteiger partial charge in [-0.25, -0.2) is 4.39 Å². The number of fused-ring (bicyclic) bond motifs is 1. The molecule has 1 aliphatic heterocycles. The molecule has 5 heteroatoms. The van der Waals surface area contributed by atoms with Gasteiger partial charge in [0.1, 0.15) is 5.82 Å². The minimum atomic E-state index is -0.559. The third-order valence-electron chi connectivity index (χ3n) is 6.63. The zero-order chi connectivity index (χ0) is 20.6. The van der Waals surface area contributed by atoms with Crippen LogP contribution in [0.25, 0.3) is 0 Å². The van der Waals surface area contributed by atoms with Crippen LogP contribution in [0.15, 0.2) is 48.5 Å². The molecule has 1 heterocycles. The van der Waals surface area contributed by atoms with Gasteiger partial charge in [-0.2, -0.15) is 0 Å². The first-order valence-electron chi connectivity index (χ1n) is 10.5. The van der Waals surface area contributed by atoms with Crippen molar-refractivity contribution in [2.24, 2.45) is 0 Å². The minimum Gasteiger partial charge on any atom is -0.329 e. The lowest BCUT2D eigenvalue weighted by Crippen LogP contribution is -2.62. The molecular formula is C24H27FN2O2. The summed E-state index contributed by atoms with van der Waals surface area (Å²) in [6, 6.07) is 13.6. The monoisotopic (exact) mass is 394 g/mol. The number of hydrogen-bond acceptors (Lipinski definition) is 2. The summed E-state index contributed by atoms with van der Waals surface area (Å²) in [7, 11) is 0. The second kappa shape index (κ2) is 7.62. The predicted octanol–water partition coefficient (Wildman–Crippen LogP) is 5.12. The topological polar surface area (TPSA) is 49.4 Å². The molecule has 2 aromatic rings. The summed E-state index contributed by atoms with van der Waals surface area (Å²) in [5.74, 6) is -1.22. The zero-order valence-electron chi connectivity index (χ0n) is 17.0. The fraction of sp³-hybridized carbons (Fsp3) is 0.417. The van der Waals surface area contributed by atoms with E-state index in [1.165, 1.54) is 6.07 Å². The van der Waals surface area contributed by atoms with Crippen LogP contribution in [0.5, 0.6) is 0 Å². The Bertz CT molecular complexity index is 936. The molecule has 0 saturated heterocycles. The minimum absolute atomic E-state index is 0.00629. The molecule has 1 N–H and O–H groups in total. The van der Waals surface area contributed by atoms with E-state index in [1.54, 1.807) is 24.3 Å². The van der Waals surface area contributed by atoms with Gasteiger partial charge in [0.15, 0.2) is 0 Å². The lowest BCUT2D eigenvalue weighted by atomic mass is 9.70. The number of para-hydroxylation sites is 1. The summed E-state index contributed by atoms with van der Waals surface area (Å²) < 4.78 is 14.2. The first kappa shape index (κ1) is 19.6. The van der Waals surface area contributed by atoms with Crippen LogP contribution in [0.3, 0.4) is 0 Å². The van der Waals surface area contributed by atoms with Crippen LogP contribution in [-0.4, -0.2) is 28.3 Å². The molecule has 4 nitrogen and oxygen atoms in total. The first-order chi connectivity index (χ1) is 14.0. The highest BCUT2D eigenvalue weighted by atomic mass is 19.1. The number of carbonyl (C=O) groups excluding carboxylic acids is 2. The van der Waals surface area contributed by atoms with Crippen molar-refractivity contribution in [3.8, 4) is 0 Å². The maximum atomic E-state index is 14.2. The summed E-state index contributed by atoms with van der Waals surface area (Å²) in [6.45, 7) is 4.12. The van der Waals surface area contributed by atoms with Gasteiger partial charge in [-0.05, 0) is 49.9 Å². The second-order valence-corrected chi connectivity index (χ2v) is 8.23. The number of halogens is 1. The van der Waals surface area contributed by atoms with Crippen molar-refractivity contribution in [3.05, 3.63) is 65.5 Å². The van der Waals surface area contributed by atoms with Crippen LogP contribution in [-0.2, 0) is 4.79 Å². The summed E-state index contributed by atoms with van der Waals surface area (Å²) in [5, 5.41) is 2.81. The van der Waals surface area contributed by atoms with E-state index >= 15 is 0 Å². The number of nitrogens with one attached hydrogen (secondary N) is 1. The van der Waals surface area contributed by atoms with E-state index in [9.17, 15) is 14.0 Å². The number of carbonyl (C=O) groups is 2. The Hall–Kier alpha value is -2.69. The van der Waals surface area contributed by atoms with Gasteiger partial charge in [0.2, 0.25) is 5.91 Å². The number of anilines is 1. The van der Waals surface area contributed by atoms with Crippen LogP contribution < -0.4 is 5.32 Å². The summed E-state index contributed by atoms with van der Waals surface area (Å²) in [5.41, 5.74) is 0.956. The molecule has 2 aliphatic rings. The van der Waals surface area contributed by atoms with E-state index in [2.05, 4.69) is 19.2 Å². The van der Waals surface area contributed by atoms with Gasteiger partial charge in [0.05, 0.1) is 17.1 Å². The summed E-state index contributed by atoms with van der Waals surface area (Å²) in [4.78, 5) is 29.1. The van der Waals surface area contributed by atoms with Gasteiger partial charge in [0, 0.05) is 11.6 Å². The molecule has 0 radical (unpaired) electrons. The highest BCUT2D eigenvalue weighted by Crippen LogP contribution is 2.51. The number of benzene rings is 2. The predicted molar refractivity (Wildman–Crippen MR) is 111 cm³/mol. The molecule has 0 aromatic heterocycles. The molecule has 2 aromatic carbocycles. The Balaban J connectivity index is 1.84. The molecule has 0 bridgehead atoms. The van der Waals surface area contributed by atoms with Crippen molar-refractivity contribution in [1.82, 2.24) is 4.90 Å². The van der Waals surface area contributed by atoms with Gasteiger partial charge in [0.25, 0.3) is 5.91 Å². The van der Waals surface area contributed by atoms with Gasteiger partial charge in [-0.15, -0.1) is 0 Å². The highest BCUT2D eigenvalue weighted by molar-refractivity contribution is 6.05. The number of nitrogens with zero attached hydrogens (tertiary/aromatic N) is 1. The molecule has 1 aliphatic carbocycles. The summed E-state index contributed by atoms with van der Waals surface area (Å²) in [6.07, 6.45) is 4.34. The van der Waals surface area contributed by atoms with Crippen LogP contribution in [0.1, 0.15) is 67.8 Å². The first-order valence-corrected chi connectivity index (χ1v) is 10.5. The van der Waals surface area contributed by atoms with Crippen molar-refractivity contribution in [2.45, 2.75) is 63.5 Å². The quantitative estimate of drug-likeness (QED) is 0.783. The Morgan fingerprint density at radius 1 is 1.17 bits per heavy atom. The van der Waals surface area contributed by atoms with Gasteiger partial charge in [-0.1, -0.05) is 50.1 Å². The Morgan fingerprint density at radius 3 is 2.52 bits per heavy atom. The van der Waals surface area contributed by atoms with Crippen LogP contribution >= 0.6 is 0 Å².